The van der Waals surface area contributed by atoms with Crippen molar-refractivity contribution in [3.63, 3.8) is 0 Å². The summed E-state index contributed by atoms with van der Waals surface area (Å²) in [6, 6.07) is 8.04. The summed E-state index contributed by atoms with van der Waals surface area (Å²) in [5.74, 6) is -0.116. The van der Waals surface area contributed by atoms with E-state index < -0.39 is 0 Å². The molecule has 1 amide bonds. The molecule has 0 saturated carbocycles. The summed E-state index contributed by atoms with van der Waals surface area (Å²) in [4.78, 5) is 14.6. The molecule has 1 saturated heterocycles. The highest BCUT2D eigenvalue weighted by Crippen LogP contribution is 2.22. The Labute approximate surface area is 124 Å². The number of benzene rings is 1. The number of rotatable bonds is 3. The third kappa shape index (κ3) is 2.91. The minimum Gasteiger partial charge on any atom is -0.372 e. The van der Waals surface area contributed by atoms with Gasteiger partial charge < -0.3 is 10.2 Å². The number of nitrogens with one attached hydrogen (secondary N) is 1. The van der Waals surface area contributed by atoms with Crippen LogP contribution < -0.4 is 10.2 Å². The smallest absolute Gasteiger partial charge is 0.259 e. The van der Waals surface area contributed by atoms with Crippen LogP contribution in [0.2, 0.25) is 0 Å². The molecule has 21 heavy (non-hydrogen) atoms. The van der Waals surface area contributed by atoms with Crippen LogP contribution in [-0.4, -0.2) is 28.8 Å². The zero-order valence-corrected chi connectivity index (χ0v) is 12.5. The van der Waals surface area contributed by atoms with Crippen molar-refractivity contribution in [2.75, 3.05) is 23.3 Å². The highest BCUT2D eigenvalue weighted by Gasteiger charge is 2.14. The molecule has 1 aromatic heterocycles. The molecule has 0 unspecified atom stereocenters. The Kier molecular flexibility index (Phi) is 3.64. The number of amides is 1. The molecule has 3 rings (SSSR count). The molecule has 1 fully saturated rings. The first kappa shape index (κ1) is 13.7. The Morgan fingerprint density at radius 2 is 1.86 bits per heavy atom. The van der Waals surface area contributed by atoms with Crippen LogP contribution in [0, 0.1) is 6.92 Å². The Bertz CT molecular complexity index is 639. The van der Waals surface area contributed by atoms with E-state index in [2.05, 4.69) is 27.4 Å². The van der Waals surface area contributed by atoms with Crippen LogP contribution in [0.15, 0.2) is 30.5 Å². The zero-order valence-electron chi connectivity index (χ0n) is 12.5. The van der Waals surface area contributed by atoms with Gasteiger partial charge in [0.05, 0.1) is 11.3 Å². The van der Waals surface area contributed by atoms with Gasteiger partial charge in [0.2, 0.25) is 0 Å². The van der Waals surface area contributed by atoms with Gasteiger partial charge in [-0.25, -0.2) is 0 Å². The van der Waals surface area contributed by atoms with E-state index in [1.165, 1.54) is 18.5 Å². The third-order valence-electron chi connectivity index (χ3n) is 3.85. The van der Waals surface area contributed by atoms with Gasteiger partial charge in [0.1, 0.15) is 0 Å². The number of hydrogen-bond donors (Lipinski definition) is 1. The van der Waals surface area contributed by atoms with Crippen molar-refractivity contribution >= 4 is 17.3 Å². The Hall–Kier alpha value is -2.30. The fourth-order valence-electron chi connectivity index (χ4n) is 2.75. The van der Waals surface area contributed by atoms with E-state index in [1.807, 2.05) is 26.1 Å². The standard InChI is InChI=1S/C16H20N4O/c1-12-15(11-19(2)18-12)16(21)17-13-5-7-14(8-6-13)20-9-3-4-10-20/h5-8,11H,3-4,9-10H2,1-2H3,(H,17,21). The molecule has 1 aliphatic rings. The Balaban J connectivity index is 1.70. The van der Waals surface area contributed by atoms with Crippen molar-refractivity contribution in [1.82, 2.24) is 9.78 Å². The summed E-state index contributed by atoms with van der Waals surface area (Å²) in [7, 11) is 1.81. The van der Waals surface area contributed by atoms with Crippen molar-refractivity contribution in [3.05, 3.63) is 41.7 Å². The molecule has 1 N–H and O–H groups in total. The number of carbonyl (C=O) groups is 1. The molecule has 5 heteroatoms. The molecule has 0 atom stereocenters. The van der Waals surface area contributed by atoms with E-state index in [0.29, 0.717) is 5.56 Å². The van der Waals surface area contributed by atoms with Gasteiger partial charge in [-0.3, -0.25) is 9.48 Å². The van der Waals surface area contributed by atoms with Gasteiger partial charge in [0.15, 0.2) is 0 Å². The number of carbonyl (C=O) groups excluding carboxylic acids is 1. The van der Waals surface area contributed by atoms with Gasteiger partial charge in [-0.15, -0.1) is 0 Å². The second-order valence-electron chi connectivity index (χ2n) is 5.50. The molecule has 0 spiro atoms. The maximum absolute atomic E-state index is 12.2. The Morgan fingerprint density at radius 3 is 2.43 bits per heavy atom. The van der Waals surface area contributed by atoms with Crippen LogP contribution in [0.25, 0.3) is 0 Å². The number of nitrogens with zero attached hydrogens (tertiary/aromatic N) is 3. The third-order valence-corrected chi connectivity index (χ3v) is 3.85. The molecule has 1 aliphatic heterocycles. The lowest BCUT2D eigenvalue weighted by Crippen LogP contribution is -2.17. The first-order valence-electron chi connectivity index (χ1n) is 7.30. The van der Waals surface area contributed by atoms with Crippen molar-refractivity contribution in [1.29, 1.82) is 0 Å². The summed E-state index contributed by atoms with van der Waals surface area (Å²) in [5.41, 5.74) is 3.39. The zero-order chi connectivity index (χ0) is 14.8. The molecule has 2 aromatic rings. The van der Waals surface area contributed by atoms with E-state index in [4.69, 9.17) is 0 Å². The largest absolute Gasteiger partial charge is 0.372 e. The molecule has 0 radical (unpaired) electrons. The van der Waals surface area contributed by atoms with Crippen LogP contribution >= 0.6 is 0 Å². The van der Waals surface area contributed by atoms with Crippen LogP contribution in [0.1, 0.15) is 28.9 Å². The molecule has 0 bridgehead atoms. The maximum atomic E-state index is 12.2. The van der Waals surface area contributed by atoms with E-state index in [1.54, 1.807) is 10.9 Å². The SMILES string of the molecule is Cc1nn(C)cc1C(=O)Nc1ccc(N2CCCC2)cc1. The molecule has 2 heterocycles. The molecular weight excluding hydrogens is 264 g/mol. The fraction of sp³-hybridized carbons (Fsp3) is 0.375. The average molecular weight is 284 g/mol. The van der Waals surface area contributed by atoms with Crippen molar-refractivity contribution in [2.24, 2.45) is 7.05 Å². The second-order valence-corrected chi connectivity index (χ2v) is 5.50. The van der Waals surface area contributed by atoms with E-state index in [-0.39, 0.29) is 5.91 Å². The van der Waals surface area contributed by atoms with Crippen molar-refractivity contribution in [2.45, 2.75) is 19.8 Å². The van der Waals surface area contributed by atoms with Gasteiger partial charge >= 0.3 is 0 Å². The van der Waals surface area contributed by atoms with Crippen molar-refractivity contribution < 1.29 is 4.79 Å². The molecule has 110 valence electrons. The van der Waals surface area contributed by atoms with Crippen LogP contribution in [-0.2, 0) is 7.05 Å². The van der Waals surface area contributed by atoms with Crippen LogP contribution in [0.4, 0.5) is 11.4 Å². The number of aryl methyl sites for hydroxylation is 2. The highest BCUT2D eigenvalue weighted by molar-refractivity contribution is 6.04. The first-order chi connectivity index (χ1) is 10.1. The van der Waals surface area contributed by atoms with Crippen LogP contribution in [0.5, 0.6) is 0 Å². The quantitative estimate of drug-likeness (QED) is 0.942. The maximum Gasteiger partial charge on any atom is 0.259 e. The normalized spacial score (nSPS) is 14.5. The molecule has 5 nitrogen and oxygen atoms in total. The van der Waals surface area contributed by atoms with Crippen LogP contribution in [0.3, 0.4) is 0 Å². The minimum absolute atomic E-state index is 0.116. The monoisotopic (exact) mass is 284 g/mol. The van der Waals surface area contributed by atoms with Gasteiger partial charge in [-0.2, -0.15) is 5.10 Å². The topological polar surface area (TPSA) is 50.2 Å². The van der Waals surface area contributed by atoms with Gasteiger partial charge in [-0.1, -0.05) is 0 Å². The van der Waals surface area contributed by atoms with E-state index in [9.17, 15) is 4.79 Å². The average Bonchev–Trinajstić information content (AvgIpc) is 3.09. The lowest BCUT2D eigenvalue weighted by Gasteiger charge is -2.17. The summed E-state index contributed by atoms with van der Waals surface area (Å²) in [6.45, 7) is 4.09. The summed E-state index contributed by atoms with van der Waals surface area (Å²) in [6.07, 6.45) is 4.26. The predicted molar refractivity (Wildman–Crippen MR) is 83.8 cm³/mol. The van der Waals surface area contributed by atoms with Gasteiger partial charge in [-0.05, 0) is 44.0 Å². The van der Waals surface area contributed by atoms with Gasteiger partial charge in [0, 0.05) is 37.7 Å². The summed E-state index contributed by atoms with van der Waals surface area (Å²) < 4.78 is 1.65. The second kappa shape index (κ2) is 5.60. The van der Waals surface area contributed by atoms with E-state index >= 15 is 0 Å². The predicted octanol–water partition coefficient (Wildman–Crippen LogP) is 2.58. The number of hydrogen-bond acceptors (Lipinski definition) is 3. The first-order valence-corrected chi connectivity index (χ1v) is 7.30. The molecule has 0 aliphatic carbocycles. The number of aromatic nitrogens is 2. The summed E-state index contributed by atoms with van der Waals surface area (Å²) >= 11 is 0. The van der Waals surface area contributed by atoms with Crippen molar-refractivity contribution in [3.8, 4) is 0 Å². The number of anilines is 2. The lowest BCUT2D eigenvalue weighted by molar-refractivity contribution is 0.102. The fourth-order valence-corrected chi connectivity index (χ4v) is 2.75. The highest BCUT2D eigenvalue weighted by atomic mass is 16.1. The van der Waals surface area contributed by atoms with E-state index in [0.717, 1.165) is 24.5 Å². The summed E-state index contributed by atoms with van der Waals surface area (Å²) in [5, 5.41) is 7.11. The molecular formula is C16H20N4O. The minimum atomic E-state index is -0.116. The Morgan fingerprint density at radius 1 is 1.19 bits per heavy atom. The molecule has 1 aromatic carbocycles. The van der Waals surface area contributed by atoms with Gasteiger partial charge in [0.25, 0.3) is 5.91 Å². The lowest BCUT2D eigenvalue weighted by atomic mass is 10.2.